The highest BCUT2D eigenvalue weighted by molar-refractivity contribution is 8.01. The van der Waals surface area contributed by atoms with Crippen LogP contribution in [-0.4, -0.2) is 51.6 Å². The Labute approximate surface area is 149 Å². The molecule has 2 heterocycles. The number of nitrogens with zero attached hydrogens (tertiary/aromatic N) is 1. The number of aromatic carboxylic acids is 1. The summed E-state index contributed by atoms with van der Waals surface area (Å²) in [6.07, 6.45) is 1.24. The minimum absolute atomic E-state index is 0.0188. The molecule has 0 bridgehead atoms. The van der Waals surface area contributed by atoms with Gasteiger partial charge in [0.25, 0.3) is 0 Å². The van der Waals surface area contributed by atoms with Gasteiger partial charge in [0.2, 0.25) is 11.8 Å². The van der Waals surface area contributed by atoms with Gasteiger partial charge in [-0.2, -0.15) is 0 Å². The fourth-order valence-corrected chi connectivity index (χ4v) is 4.79. The van der Waals surface area contributed by atoms with E-state index in [4.69, 9.17) is 4.74 Å². The first-order chi connectivity index (χ1) is 11.9. The number of carboxylic acid groups (broad SMARTS) is 1. The summed E-state index contributed by atoms with van der Waals surface area (Å²) in [5.41, 5.74) is 0.709. The van der Waals surface area contributed by atoms with Gasteiger partial charge in [0.15, 0.2) is 0 Å². The molecule has 2 unspecified atom stereocenters. The number of amides is 2. The minimum Gasteiger partial charge on any atom is -0.496 e. The Morgan fingerprint density at radius 1 is 1.48 bits per heavy atom. The molecule has 1 aromatic carbocycles. The molecular formula is C17H20N2O5S. The molecule has 0 saturated carbocycles. The number of benzene rings is 1. The molecule has 134 valence electrons. The first-order valence-corrected chi connectivity index (χ1v) is 8.98. The molecule has 0 radical (unpaired) electrons. The first-order valence-electron chi connectivity index (χ1n) is 8.00. The van der Waals surface area contributed by atoms with Gasteiger partial charge < -0.3 is 20.1 Å². The number of hydrogen-bond donors (Lipinski definition) is 2. The number of hydrogen-bond acceptors (Lipinski definition) is 5. The number of ether oxygens (including phenoxy) is 1. The Morgan fingerprint density at radius 3 is 2.92 bits per heavy atom. The highest BCUT2D eigenvalue weighted by Gasteiger charge is 2.52. The van der Waals surface area contributed by atoms with Crippen LogP contribution < -0.4 is 10.1 Å². The third-order valence-corrected chi connectivity index (χ3v) is 6.21. The lowest BCUT2D eigenvalue weighted by Crippen LogP contribution is -2.49. The molecular weight excluding hydrogens is 344 g/mol. The van der Waals surface area contributed by atoms with E-state index in [2.05, 4.69) is 5.32 Å². The van der Waals surface area contributed by atoms with Gasteiger partial charge in [-0.15, -0.1) is 11.8 Å². The van der Waals surface area contributed by atoms with E-state index in [0.717, 1.165) is 6.42 Å². The lowest BCUT2D eigenvalue weighted by Gasteiger charge is -2.29. The lowest BCUT2D eigenvalue weighted by atomic mass is 10.1. The molecule has 0 spiro atoms. The van der Waals surface area contributed by atoms with Gasteiger partial charge in [-0.3, -0.25) is 9.59 Å². The summed E-state index contributed by atoms with van der Waals surface area (Å²) in [5.74, 6) is -0.426. The van der Waals surface area contributed by atoms with Crippen LogP contribution in [0.2, 0.25) is 0 Å². The number of thioether (sulfide) groups is 1. The predicted octanol–water partition coefficient (Wildman–Crippen LogP) is 1.46. The number of methoxy groups -OCH3 is 1. The molecule has 2 aliphatic heterocycles. The Kier molecular flexibility index (Phi) is 4.64. The standard InChI is InChI=1S/C17H20N2O5S/c1-17-6-5-14(20)19(17)12(9-25-17)15(21)18-8-10-3-4-13(24-2)11(7-10)16(22)23/h3-4,7,12H,5-6,8-9H2,1-2H3,(H,18,21)(H,22,23). The molecule has 2 fully saturated rings. The van der Waals surface area contributed by atoms with Crippen molar-refractivity contribution >= 4 is 29.5 Å². The Bertz CT molecular complexity index is 738. The predicted molar refractivity (Wildman–Crippen MR) is 92.5 cm³/mol. The van der Waals surface area contributed by atoms with Gasteiger partial charge >= 0.3 is 5.97 Å². The third-order valence-electron chi connectivity index (χ3n) is 4.71. The van der Waals surface area contributed by atoms with Crippen molar-refractivity contribution in [3.05, 3.63) is 29.3 Å². The maximum Gasteiger partial charge on any atom is 0.339 e. The van der Waals surface area contributed by atoms with E-state index in [1.54, 1.807) is 28.8 Å². The summed E-state index contributed by atoms with van der Waals surface area (Å²) < 4.78 is 5.02. The van der Waals surface area contributed by atoms with Crippen LogP contribution >= 0.6 is 11.8 Å². The number of carbonyl (C=O) groups excluding carboxylic acids is 2. The van der Waals surface area contributed by atoms with Crippen molar-refractivity contribution in [1.29, 1.82) is 0 Å². The monoisotopic (exact) mass is 364 g/mol. The van der Waals surface area contributed by atoms with E-state index in [1.165, 1.54) is 13.2 Å². The van der Waals surface area contributed by atoms with Crippen LogP contribution in [0.3, 0.4) is 0 Å². The molecule has 3 rings (SSSR count). The third kappa shape index (κ3) is 3.18. The molecule has 1 aromatic rings. The van der Waals surface area contributed by atoms with E-state index in [0.29, 0.717) is 17.7 Å². The normalized spacial score (nSPS) is 25.0. The summed E-state index contributed by atoms with van der Waals surface area (Å²) in [4.78, 5) is 37.3. The summed E-state index contributed by atoms with van der Waals surface area (Å²) in [6.45, 7) is 2.20. The molecule has 2 saturated heterocycles. The van der Waals surface area contributed by atoms with Crippen molar-refractivity contribution in [1.82, 2.24) is 10.2 Å². The molecule has 25 heavy (non-hydrogen) atoms. The highest BCUT2D eigenvalue weighted by Crippen LogP contribution is 2.47. The zero-order valence-corrected chi connectivity index (χ0v) is 14.9. The number of fused-ring (bicyclic) bond motifs is 1. The Morgan fingerprint density at radius 2 is 2.24 bits per heavy atom. The van der Waals surface area contributed by atoms with Crippen molar-refractivity contribution in [2.75, 3.05) is 12.9 Å². The number of carboxylic acids is 1. The van der Waals surface area contributed by atoms with Crippen LogP contribution in [0, 0.1) is 0 Å². The first kappa shape index (κ1) is 17.6. The lowest BCUT2D eigenvalue weighted by molar-refractivity contribution is -0.138. The van der Waals surface area contributed by atoms with E-state index in [9.17, 15) is 19.5 Å². The van der Waals surface area contributed by atoms with Gasteiger partial charge in [0.1, 0.15) is 17.4 Å². The van der Waals surface area contributed by atoms with Crippen LogP contribution in [0.1, 0.15) is 35.7 Å². The van der Waals surface area contributed by atoms with Crippen LogP contribution in [0.25, 0.3) is 0 Å². The number of nitrogens with one attached hydrogen (secondary N) is 1. The van der Waals surface area contributed by atoms with Gasteiger partial charge in [0, 0.05) is 18.7 Å². The summed E-state index contributed by atoms with van der Waals surface area (Å²) in [5, 5.41) is 12.0. The highest BCUT2D eigenvalue weighted by atomic mass is 32.2. The molecule has 0 aliphatic carbocycles. The van der Waals surface area contributed by atoms with Crippen LogP contribution in [0.15, 0.2) is 18.2 Å². The molecule has 2 amide bonds. The largest absolute Gasteiger partial charge is 0.496 e. The summed E-state index contributed by atoms with van der Waals surface area (Å²) in [7, 11) is 1.41. The fourth-order valence-electron chi connectivity index (χ4n) is 3.35. The van der Waals surface area contributed by atoms with Crippen molar-refractivity contribution in [3.63, 3.8) is 0 Å². The van der Waals surface area contributed by atoms with Crippen molar-refractivity contribution in [2.24, 2.45) is 0 Å². The average molecular weight is 364 g/mol. The van der Waals surface area contributed by atoms with Crippen LogP contribution in [-0.2, 0) is 16.1 Å². The Balaban J connectivity index is 1.68. The van der Waals surface area contributed by atoms with Crippen LogP contribution in [0.5, 0.6) is 5.75 Å². The molecule has 0 aromatic heterocycles. The van der Waals surface area contributed by atoms with Gasteiger partial charge in [-0.25, -0.2) is 4.79 Å². The second kappa shape index (κ2) is 6.59. The number of rotatable bonds is 5. The smallest absolute Gasteiger partial charge is 0.339 e. The zero-order valence-electron chi connectivity index (χ0n) is 14.1. The van der Waals surface area contributed by atoms with Crippen molar-refractivity contribution in [3.8, 4) is 5.75 Å². The average Bonchev–Trinajstić information content (AvgIpc) is 3.08. The SMILES string of the molecule is COc1ccc(CNC(=O)C2CSC3(C)CCC(=O)N23)cc1C(=O)O. The summed E-state index contributed by atoms with van der Waals surface area (Å²) in [6, 6.07) is 4.29. The minimum atomic E-state index is -1.09. The summed E-state index contributed by atoms with van der Waals surface area (Å²) >= 11 is 1.64. The fraction of sp³-hybridized carbons (Fsp3) is 0.471. The quantitative estimate of drug-likeness (QED) is 0.821. The van der Waals surface area contributed by atoms with E-state index in [1.807, 2.05) is 6.92 Å². The van der Waals surface area contributed by atoms with E-state index in [-0.39, 0.29) is 34.5 Å². The van der Waals surface area contributed by atoms with E-state index < -0.39 is 12.0 Å². The van der Waals surface area contributed by atoms with Crippen molar-refractivity contribution < 1.29 is 24.2 Å². The molecule has 2 atom stereocenters. The van der Waals surface area contributed by atoms with Gasteiger partial charge in [-0.05, 0) is 31.0 Å². The maximum absolute atomic E-state index is 12.5. The number of carbonyl (C=O) groups is 3. The second-order valence-electron chi connectivity index (χ2n) is 6.32. The van der Waals surface area contributed by atoms with E-state index >= 15 is 0 Å². The molecule has 8 heteroatoms. The topological polar surface area (TPSA) is 95.9 Å². The molecule has 2 aliphatic rings. The Hall–Kier alpha value is -2.22. The van der Waals surface area contributed by atoms with Gasteiger partial charge in [0.05, 0.1) is 12.0 Å². The van der Waals surface area contributed by atoms with Crippen molar-refractivity contribution in [2.45, 2.75) is 37.2 Å². The molecule has 7 nitrogen and oxygen atoms in total. The van der Waals surface area contributed by atoms with Crippen LogP contribution in [0.4, 0.5) is 0 Å². The zero-order chi connectivity index (χ0) is 18.2. The maximum atomic E-state index is 12.5. The second-order valence-corrected chi connectivity index (χ2v) is 7.82. The molecule has 2 N–H and O–H groups in total. The van der Waals surface area contributed by atoms with Gasteiger partial charge in [-0.1, -0.05) is 6.07 Å².